The van der Waals surface area contributed by atoms with Crippen molar-refractivity contribution in [3.05, 3.63) is 91.8 Å². The molecule has 0 radical (unpaired) electrons. The van der Waals surface area contributed by atoms with Crippen molar-refractivity contribution in [3.8, 4) is 6.07 Å². The average molecular weight is 459 g/mol. The molecule has 1 saturated heterocycles. The molecule has 1 aliphatic carbocycles. The van der Waals surface area contributed by atoms with Gasteiger partial charge in [-0.3, -0.25) is 13.9 Å². The van der Waals surface area contributed by atoms with E-state index in [1.807, 2.05) is 18.2 Å². The van der Waals surface area contributed by atoms with Crippen molar-refractivity contribution in [2.45, 2.75) is 58.5 Å². The molecule has 2 heterocycles. The standard InChI is InChI=1S/C28H34N4O2/c1-21-8-10-23(11-9-21)20-31-19-22(2)27(33)32(28(31)34)15-5-14-30-16-12-24(13-17-30)26-7-4-3-6-25(26)18-29/h3-4,6-8,10-11,19,21,24H,5,9,12-17,20H2,1-2H3. The number of nitrogens with zero attached hydrogens (tertiary/aromatic N) is 4. The van der Waals surface area contributed by atoms with E-state index in [2.05, 4.69) is 42.2 Å². The van der Waals surface area contributed by atoms with Gasteiger partial charge in [-0.25, -0.2) is 4.79 Å². The van der Waals surface area contributed by atoms with Gasteiger partial charge in [0.1, 0.15) is 0 Å². The molecule has 1 fully saturated rings. The maximum absolute atomic E-state index is 13.1. The van der Waals surface area contributed by atoms with Crippen LogP contribution in [0.25, 0.3) is 0 Å². The largest absolute Gasteiger partial charge is 0.331 e. The van der Waals surface area contributed by atoms with E-state index in [9.17, 15) is 14.9 Å². The highest BCUT2D eigenvalue weighted by atomic mass is 16.2. The molecule has 1 aromatic heterocycles. The predicted octanol–water partition coefficient (Wildman–Crippen LogP) is 3.98. The van der Waals surface area contributed by atoms with Crippen LogP contribution in [0.2, 0.25) is 0 Å². The number of benzene rings is 1. The fourth-order valence-electron chi connectivity index (χ4n) is 5.07. The summed E-state index contributed by atoms with van der Waals surface area (Å²) in [5.41, 5.74) is 3.25. The molecule has 1 unspecified atom stereocenters. The summed E-state index contributed by atoms with van der Waals surface area (Å²) in [7, 11) is 0. The van der Waals surface area contributed by atoms with Crippen LogP contribution in [0.15, 0.2) is 63.9 Å². The minimum Gasteiger partial charge on any atom is -0.303 e. The van der Waals surface area contributed by atoms with Gasteiger partial charge in [-0.1, -0.05) is 43.4 Å². The number of hydrogen-bond donors (Lipinski definition) is 0. The first-order valence-corrected chi connectivity index (χ1v) is 12.4. The molecule has 178 valence electrons. The van der Waals surface area contributed by atoms with Crippen molar-refractivity contribution >= 4 is 0 Å². The zero-order valence-electron chi connectivity index (χ0n) is 20.2. The molecule has 0 saturated carbocycles. The fourth-order valence-corrected chi connectivity index (χ4v) is 5.07. The molecule has 2 aromatic rings. The molecule has 4 rings (SSSR count). The lowest BCUT2D eigenvalue weighted by Crippen LogP contribution is -2.42. The van der Waals surface area contributed by atoms with E-state index in [1.54, 1.807) is 17.7 Å². The number of aryl methyl sites for hydroxylation is 1. The van der Waals surface area contributed by atoms with Gasteiger partial charge in [-0.15, -0.1) is 0 Å². The Balaban J connectivity index is 1.35. The van der Waals surface area contributed by atoms with E-state index in [1.165, 1.54) is 4.57 Å². The Bertz CT molecular complexity index is 1240. The van der Waals surface area contributed by atoms with Gasteiger partial charge in [0, 0.05) is 18.3 Å². The molecule has 0 N–H and O–H groups in total. The van der Waals surface area contributed by atoms with Gasteiger partial charge in [0.15, 0.2) is 0 Å². The minimum atomic E-state index is -0.227. The van der Waals surface area contributed by atoms with E-state index < -0.39 is 0 Å². The molecular weight excluding hydrogens is 424 g/mol. The zero-order chi connectivity index (χ0) is 24.1. The minimum absolute atomic E-state index is 0.185. The lowest BCUT2D eigenvalue weighted by Gasteiger charge is -2.32. The van der Waals surface area contributed by atoms with Crippen LogP contribution in [0.4, 0.5) is 0 Å². The van der Waals surface area contributed by atoms with Gasteiger partial charge in [-0.05, 0) is 81.3 Å². The molecule has 1 atom stereocenters. The van der Waals surface area contributed by atoms with Crippen molar-refractivity contribution in [1.29, 1.82) is 5.26 Å². The Labute approximate surface area is 201 Å². The summed E-state index contributed by atoms with van der Waals surface area (Å²) < 4.78 is 3.07. The average Bonchev–Trinajstić information content (AvgIpc) is 2.86. The first-order valence-electron chi connectivity index (χ1n) is 12.4. The van der Waals surface area contributed by atoms with Crippen LogP contribution in [-0.4, -0.2) is 33.7 Å². The molecule has 6 heteroatoms. The van der Waals surface area contributed by atoms with E-state index in [0.717, 1.165) is 62.0 Å². The lowest BCUT2D eigenvalue weighted by atomic mass is 9.87. The Morgan fingerprint density at radius 2 is 1.88 bits per heavy atom. The SMILES string of the molecule is Cc1cn(CC2=CCC(C)C=C2)c(=O)n(CCCN2CCC(c3ccccc3C#N)CC2)c1=O. The van der Waals surface area contributed by atoms with Crippen LogP contribution in [0.5, 0.6) is 0 Å². The van der Waals surface area contributed by atoms with Crippen LogP contribution in [-0.2, 0) is 13.1 Å². The number of piperidine rings is 1. The maximum Gasteiger partial charge on any atom is 0.331 e. The van der Waals surface area contributed by atoms with Crippen LogP contribution < -0.4 is 11.2 Å². The van der Waals surface area contributed by atoms with E-state index in [4.69, 9.17) is 0 Å². The number of nitriles is 1. The normalized spacial score (nSPS) is 19.1. The van der Waals surface area contributed by atoms with Crippen LogP contribution in [0.1, 0.15) is 55.2 Å². The number of aromatic nitrogens is 2. The predicted molar refractivity (Wildman–Crippen MR) is 135 cm³/mol. The fraction of sp³-hybridized carbons (Fsp3) is 0.464. The molecule has 0 spiro atoms. The third-order valence-corrected chi connectivity index (χ3v) is 7.12. The Hall–Kier alpha value is -3.17. The quantitative estimate of drug-likeness (QED) is 0.629. The third-order valence-electron chi connectivity index (χ3n) is 7.12. The van der Waals surface area contributed by atoms with E-state index in [0.29, 0.717) is 30.5 Å². The zero-order valence-corrected chi connectivity index (χ0v) is 20.2. The highest BCUT2D eigenvalue weighted by Crippen LogP contribution is 2.30. The molecule has 0 amide bonds. The molecule has 2 aliphatic rings. The summed E-state index contributed by atoms with van der Waals surface area (Å²) in [6.07, 6.45) is 11.9. The summed E-state index contributed by atoms with van der Waals surface area (Å²) in [6, 6.07) is 10.2. The summed E-state index contributed by atoms with van der Waals surface area (Å²) in [4.78, 5) is 28.2. The number of allylic oxidation sites excluding steroid dienone is 4. The second kappa shape index (κ2) is 10.8. The monoisotopic (exact) mass is 458 g/mol. The van der Waals surface area contributed by atoms with Crippen LogP contribution in [0.3, 0.4) is 0 Å². The number of rotatable bonds is 7. The molecule has 1 aromatic carbocycles. The first-order chi connectivity index (χ1) is 16.5. The molecule has 6 nitrogen and oxygen atoms in total. The summed E-state index contributed by atoms with van der Waals surface area (Å²) in [6.45, 7) is 7.69. The molecular formula is C28H34N4O2. The highest BCUT2D eigenvalue weighted by Gasteiger charge is 2.22. The van der Waals surface area contributed by atoms with Gasteiger partial charge in [0.2, 0.25) is 0 Å². The Kier molecular flexibility index (Phi) is 7.64. The Morgan fingerprint density at radius 3 is 2.59 bits per heavy atom. The molecule has 34 heavy (non-hydrogen) atoms. The highest BCUT2D eigenvalue weighted by molar-refractivity contribution is 5.39. The summed E-state index contributed by atoms with van der Waals surface area (Å²) in [5.74, 6) is 0.951. The van der Waals surface area contributed by atoms with Crippen molar-refractivity contribution in [3.63, 3.8) is 0 Å². The van der Waals surface area contributed by atoms with Crippen molar-refractivity contribution in [1.82, 2.24) is 14.0 Å². The number of hydrogen-bond acceptors (Lipinski definition) is 4. The summed E-state index contributed by atoms with van der Waals surface area (Å²) >= 11 is 0. The first kappa shape index (κ1) is 24.0. The lowest BCUT2D eigenvalue weighted by molar-refractivity contribution is 0.206. The van der Waals surface area contributed by atoms with Gasteiger partial charge >= 0.3 is 5.69 Å². The van der Waals surface area contributed by atoms with E-state index >= 15 is 0 Å². The van der Waals surface area contributed by atoms with Crippen molar-refractivity contribution < 1.29 is 0 Å². The maximum atomic E-state index is 13.1. The third kappa shape index (κ3) is 5.48. The van der Waals surface area contributed by atoms with Gasteiger partial charge in [0.05, 0.1) is 18.2 Å². The Morgan fingerprint density at radius 1 is 1.12 bits per heavy atom. The van der Waals surface area contributed by atoms with Gasteiger partial charge in [-0.2, -0.15) is 5.26 Å². The van der Waals surface area contributed by atoms with Crippen molar-refractivity contribution in [2.24, 2.45) is 5.92 Å². The van der Waals surface area contributed by atoms with Crippen molar-refractivity contribution in [2.75, 3.05) is 19.6 Å². The summed E-state index contributed by atoms with van der Waals surface area (Å²) in [5, 5.41) is 9.39. The topological polar surface area (TPSA) is 71.0 Å². The second-order valence-electron chi connectivity index (χ2n) is 9.70. The molecule has 0 bridgehead atoms. The number of likely N-dealkylation sites (tertiary alicyclic amines) is 1. The van der Waals surface area contributed by atoms with E-state index in [-0.39, 0.29) is 11.2 Å². The smallest absolute Gasteiger partial charge is 0.303 e. The second-order valence-corrected chi connectivity index (χ2v) is 9.70. The molecule has 1 aliphatic heterocycles. The van der Waals surface area contributed by atoms with Crippen LogP contribution in [0, 0.1) is 24.2 Å². The van der Waals surface area contributed by atoms with Crippen LogP contribution >= 0.6 is 0 Å². The van der Waals surface area contributed by atoms with Gasteiger partial charge in [0.25, 0.3) is 5.56 Å². The van der Waals surface area contributed by atoms with Gasteiger partial charge < -0.3 is 4.90 Å².